The van der Waals surface area contributed by atoms with E-state index in [0.717, 1.165) is 18.2 Å². The molecule has 8 heteroatoms. The van der Waals surface area contributed by atoms with Gasteiger partial charge >= 0.3 is 0 Å². The van der Waals surface area contributed by atoms with Gasteiger partial charge in [0.1, 0.15) is 35.6 Å². The third-order valence-electron chi connectivity index (χ3n) is 3.57. The molecule has 0 unspecified atom stereocenters. The van der Waals surface area contributed by atoms with Crippen molar-refractivity contribution in [1.29, 1.82) is 0 Å². The Balaban J connectivity index is 1.77. The lowest BCUT2D eigenvalue weighted by Gasteiger charge is -2.08. The van der Waals surface area contributed by atoms with E-state index in [-0.39, 0.29) is 18.0 Å². The van der Waals surface area contributed by atoms with Crippen LogP contribution in [0, 0.1) is 24.4 Å². The second kappa shape index (κ2) is 7.30. The smallest absolute Gasteiger partial charge is 0.278 e. The SMILES string of the molecule is Cc1onc(C(=O)Nc2cc(F)ccc2F)c1COc1ccc(F)cc1. The molecular weight excluding hydrogens is 349 g/mol. The quantitative estimate of drug-likeness (QED) is 0.738. The van der Waals surface area contributed by atoms with Crippen LogP contribution < -0.4 is 10.1 Å². The summed E-state index contributed by atoms with van der Waals surface area (Å²) in [7, 11) is 0. The van der Waals surface area contributed by atoms with Gasteiger partial charge < -0.3 is 14.6 Å². The molecule has 0 saturated heterocycles. The number of halogens is 3. The van der Waals surface area contributed by atoms with Gasteiger partial charge in [-0.3, -0.25) is 4.79 Å². The van der Waals surface area contributed by atoms with Crippen molar-refractivity contribution in [3.05, 3.63) is 76.9 Å². The predicted molar refractivity (Wildman–Crippen MR) is 86.3 cm³/mol. The van der Waals surface area contributed by atoms with E-state index in [1.54, 1.807) is 6.92 Å². The molecular formula is C18H13F3N2O3. The molecule has 1 N–H and O–H groups in total. The van der Waals surface area contributed by atoms with Crippen LogP contribution in [-0.2, 0) is 6.61 Å². The van der Waals surface area contributed by atoms with Crippen molar-refractivity contribution in [2.45, 2.75) is 13.5 Å². The van der Waals surface area contributed by atoms with E-state index in [9.17, 15) is 18.0 Å². The van der Waals surface area contributed by atoms with Gasteiger partial charge in [-0.25, -0.2) is 13.2 Å². The van der Waals surface area contributed by atoms with Gasteiger partial charge in [0.05, 0.1) is 11.3 Å². The molecule has 1 heterocycles. The molecule has 134 valence electrons. The van der Waals surface area contributed by atoms with Crippen LogP contribution in [0.3, 0.4) is 0 Å². The summed E-state index contributed by atoms with van der Waals surface area (Å²) in [5, 5.41) is 5.89. The minimum atomic E-state index is -0.788. The fourth-order valence-corrected chi connectivity index (χ4v) is 2.20. The van der Waals surface area contributed by atoms with Crippen LogP contribution in [0.4, 0.5) is 18.9 Å². The summed E-state index contributed by atoms with van der Waals surface area (Å²) >= 11 is 0. The molecule has 0 aliphatic carbocycles. The highest BCUT2D eigenvalue weighted by molar-refractivity contribution is 6.03. The lowest BCUT2D eigenvalue weighted by molar-refractivity contribution is 0.101. The second-order valence-electron chi connectivity index (χ2n) is 5.39. The number of rotatable bonds is 5. The minimum Gasteiger partial charge on any atom is -0.489 e. The van der Waals surface area contributed by atoms with E-state index in [2.05, 4.69) is 10.5 Å². The van der Waals surface area contributed by atoms with Crippen LogP contribution in [0.25, 0.3) is 0 Å². The number of carbonyl (C=O) groups excluding carboxylic acids is 1. The number of anilines is 1. The molecule has 0 aliphatic heterocycles. The van der Waals surface area contributed by atoms with Crippen molar-refractivity contribution in [3.63, 3.8) is 0 Å². The zero-order valence-corrected chi connectivity index (χ0v) is 13.6. The van der Waals surface area contributed by atoms with Crippen molar-refractivity contribution >= 4 is 11.6 Å². The van der Waals surface area contributed by atoms with Crippen LogP contribution in [0.15, 0.2) is 47.0 Å². The minimum absolute atomic E-state index is 0.0741. The summed E-state index contributed by atoms with van der Waals surface area (Å²) in [5.74, 6) is -1.95. The molecule has 0 fully saturated rings. The Morgan fingerprint density at radius 3 is 2.54 bits per heavy atom. The average molecular weight is 362 g/mol. The first kappa shape index (κ1) is 17.5. The van der Waals surface area contributed by atoms with Crippen molar-refractivity contribution in [1.82, 2.24) is 5.16 Å². The van der Waals surface area contributed by atoms with E-state index < -0.39 is 23.4 Å². The van der Waals surface area contributed by atoms with E-state index in [1.807, 2.05) is 0 Å². The monoisotopic (exact) mass is 362 g/mol. The van der Waals surface area contributed by atoms with Crippen LogP contribution in [-0.4, -0.2) is 11.1 Å². The third-order valence-corrected chi connectivity index (χ3v) is 3.57. The van der Waals surface area contributed by atoms with Crippen LogP contribution in [0.1, 0.15) is 21.8 Å². The number of hydrogen-bond donors (Lipinski definition) is 1. The van der Waals surface area contributed by atoms with Gasteiger partial charge in [-0.1, -0.05) is 5.16 Å². The molecule has 1 aromatic heterocycles. The van der Waals surface area contributed by atoms with Crippen LogP contribution >= 0.6 is 0 Å². The van der Waals surface area contributed by atoms with Crippen molar-refractivity contribution in [2.24, 2.45) is 0 Å². The third kappa shape index (κ3) is 3.85. The normalized spacial score (nSPS) is 10.6. The van der Waals surface area contributed by atoms with Gasteiger partial charge in [0.15, 0.2) is 5.69 Å². The second-order valence-corrected chi connectivity index (χ2v) is 5.39. The number of amides is 1. The Morgan fingerprint density at radius 2 is 1.81 bits per heavy atom. The van der Waals surface area contributed by atoms with E-state index >= 15 is 0 Å². The molecule has 3 rings (SSSR count). The maximum absolute atomic E-state index is 13.7. The molecule has 0 radical (unpaired) electrons. The maximum Gasteiger partial charge on any atom is 0.278 e. The first-order valence-corrected chi connectivity index (χ1v) is 7.54. The van der Waals surface area contributed by atoms with Gasteiger partial charge in [-0.2, -0.15) is 0 Å². The number of aryl methyl sites for hydroxylation is 1. The van der Waals surface area contributed by atoms with Crippen molar-refractivity contribution in [3.8, 4) is 5.75 Å². The predicted octanol–water partition coefficient (Wildman–Crippen LogP) is 4.23. The molecule has 0 bridgehead atoms. The topological polar surface area (TPSA) is 64.4 Å². The van der Waals surface area contributed by atoms with Crippen molar-refractivity contribution in [2.75, 3.05) is 5.32 Å². The first-order valence-electron chi connectivity index (χ1n) is 7.54. The number of ether oxygens (including phenoxy) is 1. The highest BCUT2D eigenvalue weighted by Gasteiger charge is 2.21. The highest BCUT2D eigenvalue weighted by Crippen LogP contribution is 2.21. The summed E-state index contributed by atoms with van der Waals surface area (Å²) < 4.78 is 50.3. The van der Waals surface area contributed by atoms with E-state index in [0.29, 0.717) is 17.1 Å². The number of hydrogen-bond acceptors (Lipinski definition) is 4. The zero-order chi connectivity index (χ0) is 18.7. The van der Waals surface area contributed by atoms with Crippen LogP contribution in [0.5, 0.6) is 5.75 Å². The highest BCUT2D eigenvalue weighted by atomic mass is 19.1. The zero-order valence-electron chi connectivity index (χ0n) is 13.6. The Morgan fingerprint density at radius 1 is 1.12 bits per heavy atom. The molecule has 0 spiro atoms. The fourth-order valence-electron chi connectivity index (χ4n) is 2.20. The number of nitrogens with one attached hydrogen (secondary N) is 1. The molecule has 0 atom stereocenters. The number of carbonyl (C=O) groups is 1. The molecule has 0 aliphatic rings. The van der Waals surface area contributed by atoms with Gasteiger partial charge in [-0.15, -0.1) is 0 Å². The Hall–Kier alpha value is -3.29. The van der Waals surface area contributed by atoms with Gasteiger partial charge in [0.2, 0.25) is 0 Å². The average Bonchev–Trinajstić information content (AvgIpc) is 2.98. The molecule has 1 amide bonds. The lowest BCUT2D eigenvalue weighted by Crippen LogP contribution is -2.16. The Kier molecular flexibility index (Phi) is 4.92. The van der Waals surface area contributed by atoms with Gasteiger partial charge in [-0.05, 0) is 43.3 Å². The Bertz CT molecular complexity index is 939. The number of aromatic nitrogens is 1. The summed E-state index contributed by atoms with van der Waals surface area (Å²) in [6.07, 6.45) is 0. The fraction of sp³-hybridized carbons (Fsp3) is 0.111. The lowest BCUT2D eigenvalue weighted by atomic mass is 10.2. The van der Waals surface area contributed by atoms with Gasteiger partial charge in [0.25, 0.3) is 5.91 Å². The summed E-state index contributed by atoms with van der Waals surface area (Å²) in [6.45, 7) is 1.51. The summed E-state index contributed by atoms with van der Waals surface area (Å²) in [5.41, 5.74) is -0.0991. The summed E-state index contributed by atoms with van der Waals surface area (Å²) in [6, 6.07) is 8.02. The maximum atomic E-state index is 13.7. The first-order chi connectivity index (χ1) is 12.4. The molecule has 26 heavy (non-hydrogen) atoms. The Labute approximate surface area is 146 Å². The molecule has 2 aromatic carbocycles. The van der Waals surface area contributed by atoms with Crippen molar-refractivity contribution < 1.29 is 27.2 Å². The molecule has 0 saturated carbocycles. The van der Waals surface area contributed by atoms with Crippen LogP contribution in [0.2, 0.25) is 0 Å². The summed E-state index contributed by atoms with van der Waals surface area (Å²) in [4.78, 5) is 12.3. The molecule has 3 aromatic rings. The van der Waals surface area contributed by atoms with Gasteiger partial charge in [0, 0.05) is 6.07 Å². The standard InChI is InChI=1S/C18H13F3N2O3/c1-10-14(9-25-13-5-2-11(19)3-6-13)17(23-26-10)18(24)22-16-8-12(20)4-7-15(16)21/h2-8H,9H2,1H3,(H,22,24). The van der Waals surface area contributed by atoms with E-state index in [4.69, 9.17) is 9.26 Å². The number of benzene rings is 2. The van der Waals surface area contributed by atoms with E-state index in [1.165, 1.54) is 24.3 Å². The largest absolute Gasteiger partial charge is 0.489 e. The molecule has 5 nitrogen and oxygen atoms in total. The number of nitrogens with zero attached hydrogens (tertiary/aromatic N) is 1.